The van der Waals surface area contributed by atoms with E-state index in [0.717, 1.165) is 6.54 Å². The van der Waals surface area contributed by atoms with Crippen molar-refractivity contribution in [2.24, 2.45) is 0 Å². The van der Waals surface area contributed by atoms with E-state index in [2.05, 4.69) is 63.0 Å². The van der Waals surface area contributed by atoms with Crippen molar-refractivity contribution in [2.45, 2.75) is 51.3 Å². The number of nitrogens with one attached hydrogen (secondary N) is 1. The molecule has 1 heterocycles. The first-order chi connectivity index (χ1) is 8.55. The second-order valence-corrected chi connectivity index (χ2v) is 7.31. The molecule has 0 aliphatic carbocycles. The van der Waals surface area contributed by atoms with Crippen molar-refractivity contribution in [2.75, 3.05) is 12.3 Å². The topological polar surface area (TPSA) is 12.0 Å². The smallest absolute Gasteiger partial charge is 0.0466 e. The Hall–Kier alpha value is -0.470. The molecule has 100 valence electrons. The summed E-state index contributed by atoms with van der Waals surface area (Å²) in [5, 5.41) is 3.71. The van der Waals surface area contributed by atoms with Crippen molar-refractivity contribution in [3.8, 4) is 0 Å². The van der Waals surface area contributed by atoms with Crippen LogP contribution in [0.2, 0.25) is 0 Å². The zero-order valence-electron chi connectivity index (χ0n) is 12.0. The molecular weight excluding hydrogens is 238 g/mol. The zero-order valence-corrected chi connectivity index (χ0v) is 12.9. The lowest BCUT2D eigenvalue weighted by molar-refractivity contribution is 0.421. The fraction of sp³-hybridized carbons (Fsp3) is 0.625. The Bertz CT molecular complexity index is 387. The van der Waals surface area contributed by atoms with Gasteiger partial charge in [0.2, 0.25) is 0 Å². The van der Waals surface area contributed by atoms with E-state index in [-0.39, 0.29) is 0 Å². The average molecular weight is 263 g/mol. The van der Waals surface area contributed by atoms with Crippen molar-refractivity contribution < 1.29 is 0 Å². The van der Waals surface area contributed by atoms with Gasteiger partial charge in [-0.2, -0.15) is 11.8 Å². The van der Waals surface area contributed by atoms with Crippen LogP contribution in [0.25, 0.3) is 0 Å². The maximum absolute atomic E-state index is 3.71. The van der Waals surface area contributed by atoms with E-state index in [0.29, 0.717) is 10.8 Å². The van der Waals surface area contributed by atoms with Gasteiger partial charge < -0.3 is 5.32 Å². The van der Waals surface area contributed by atoms with E-state index >= 15 is 0 Å². The third-order valence-electron chi connectivity index (χ3n) is 3.85. The largest absolute Gasteiger partial charge is 0.309 e. The fourth-order valence-corrected chi connectivity index (χ4v) is 4.53. The van der Waals surface area contributed by atoms with Crippen LogP contribution in [0.5, 0.6) is 0 Å². The first kappa shape index (κ1) is 14.0. The van der Waals surface area contributed by atoms with Crippen LogP contribution < -0.4 is 5.32 Å². The van der Waals surface area contributed by atoms with Crippen LogP contribution in [0.3, 0.4) is 0 Å². The first-order valence-electron chi connectivity index (χ1n) is 7.01. The highest BCUT2D eigenvalue weighted by atomic mass is 32.2. The molecule has 1 nitrogen and oxygen atoms in total. The maximum atomic E-state index is 3.71. The number of hydrogen-bond acceptors (Lipinski definition) is 2. The van der Waals surface area contributed by atoms with Gasteiger partial charge in [-0.3, -0.25) is 0 Å². The molecule has 2 heteroatoms. The van der Waals surface area contributed by atoms with E-state index in [9.17, 15) is 0 Å². The average Bonchev–Trinajstić information content (AvgIpc) is 2.72. The van der Waals surface area contributed by atoms with Gasteiger partial charge in [0, 0.05) is 10.8 Å². The van der Waals surface area contributed by atoms with Gasteiger partial charge in [0.15, 0.2) is 0 Å². The maximum Gasteiger partial charge on any atom is 0.0466 e. The van der Waals surface area contributed by atoms with Gasteiger partial charge in [0.05, 0.1) is 0 Å². The normalized spacial score (nSPS) is 25.3. The molecule has 1 aromatic rings. The Morgan fingerprint density at radius 1 is 1.28 bits per heavy atom. The fourth-order valence-electron chi connectivity index (χ4n) is 3.10. The van der Waals surface area contributed by atoms with Crippen LogP contribution in [0.4, 0.5) is 0 Å². The molecular formula is C16H25NS. The predicted octanol–water partition coefficient (Wildman–Crippen LogP) is 4.24. The quantitative estimate of drug-likeness (QED) is 0.872. The van der Waals surface area contributed by atoms with Crippen LogP contribution in [0, 0.1) is 13.8 Å². The molecule has 1 aliphatic rings. The monoisotopic (exact) mass is 263 g/mol. The molecule has 2 rings (SSSR count). The summed E-state index contributed by atoms with van der Waals surface area (Å²) < 4.78 is 0.357. The van der Waals surface area contributed by atoms with Gasteiger partial charge in [-0.1, -0.05) is 36.2 Å². The van der Waals surface area contributed by atoms with Gasteiger partial charge in [-0.25, -0.2) is 0 Å². The Morgan fingerprint density at radius 3 is 2.44 bits per heavy atom. The Morgan fingerprint density at radius 2 is 1.94 bits per heavy atom. The lowest BCUT2D eigenvalue weighted by atomic mass is 9.88. The van der Waals surface area contributed by atoms with Crippen LogP contribution in [0.15, 0.2) is 18.2 Å². The van der Waals surface area contributed by atoms with Gasteiger partial charge in [0.1, 0.15) is 0 Å². The number of benzene rings is 1. The van der Waals surface area contributed by atoms with Crippen molar-refractivity contribution in [3.05, 3.63) is 34.9 Å². The van der Waals surface area contributed by atoms with Crippen LogP contribution in [-0.4, -0.2) is 17.0 Å². The van der Waals surface area contributed by atoms with Gasteiger partial charge in [-0.05, 0) is 51.5 Å². The molecule has 1 aromatic carbocycles. The minimum absolute atomic E-state index is 0.357. The second-order valence-electron chi connectivity index (χ2n) is 5.68. The molecule has 0 radical (unpaired) electrons. The van der Waals surface area contributed by atoms with Crippen LogP contribution in [-0.2, 0) is 0 Å². The molecule has 1 N–H and O–H groups in total. The molecule has 18 heavy (non-hydrogen) atoms. The van der Waals surface area contributed by atoms with Gasteiger partial charge >= 0.3 is 0 Å². The van der Waals surface area contributed by atoms with Crippen LogP contribution >= 0.6 is 11.8 Å². The Kier molecular flexibility index (Phi) is 4.39. The van der Waals surface area contributed by atoms with Crippen LogP contribution in [0.1, 0.15) is 49.4 Å². The molecule has 0 aromatic heterocycles. The molecule has 0 saturated carbocycles. The summed E-state index contributed by atoms with van der Waals surface area (Å²) >= 11 is 2.14. The zero-order chi connectivity index (χ0) is 13.2. The standard InChI is InChI=1S/C16H25NS/c1-5-17-15(16(4)7-6-8-18-16)14-10-12(2)9-13(3)11-14/h9-11,15,17H,5-8H2,1-4H3. The summed E-state index contributed by atoms with van der Waals surface area (Å²) in [6, 6.07) is 7.44. The summed E-state index contributed by atoms with van der Waals surface area (Å²) in [4.78, 5) is 0. The molecule has 0 amide bonds. The second kappa shape index (κ2) is 5.66. The van der Waals surface area contributed by atoms with Crippen molar-refractivity contribution in [1.82, 2.24) is 5.32 Å². The summed E-state index contributed by atoms with van der Waals surface area (Å²) in [6.45, 7) is 10.1. The number of thioether (sulfide) groups is 1. The third kappa shape index (κ3) is 2.92. The minimum atomic E-state index is 0.357. The van der Waals surface area contributed by atoms with Crippen molar-refractivity contribution >= 4 is 11.8 Å². The molecule has 2 atom stereocenters. The van der Waals surface area contributed by atoms with Gasteiger partial charge in [0.25, 0.3) is 0 Å². The van der Waals surface area contributed by atoms with Gasteiger partial charge in [-0.15, -0.1) is 0 Å². The molecule has 1 saturated heterocycles. The molecule has 1 fully saturated rings. The first-order valence-corrected chi connectivity index (χ1v) is 7.99. The van der Waals surface area contributed by atoms with Crippen molar-refractivity contribution in [1.29, 1.82) is 0 Å². The Balaban J connectivity index is 2.34. The van der Waals surface area contributed by atoms with E-state index in [1.54, 1.807) is 0 Å². The predicted molar refractivity (Wildman–Crippen MR) is 82.4 cm³/mol. The summed E-state index contributed by atoms with van der Waals surface area (Å²) in [5.41, 5.74) is 4.21. The SMILES string of the molecule is CCNC(c1cc(C)cc(C)c1)C1(C)CCCS1. The van der Waals surface area contributed by atoms with E-state index in [1.807, 2.05) is 0 Å². The lowest BCUT2D eigenvalue weighted by Crippen LogP contribution is -2.37. The molecule has 0 spiro atoms. The molecule has 0 bridgehead atoms. The number of aryl methyl sites for hydroxylation is 2. The highest BCUT2D eigenvalue weighted by molar-refractivity contribution is 8.00. The Labute approximate surface area is 116 Å². The van der Waals surface area contributed by atoms with E-state index in [1.165, 1.54) is 35.3 Å². The minimum Gasteiger partial charge on any atom is -0.309 e. The van der Waals surface area contributed by atoms with E-state index in [4.69, 9.17) is 0 Å². The molecule has 2 unspecified atom stereocenters. The number of hydrogen-bond donors (Lipinski definition) is 1. The third-order valence-corrected chi connectivity index (χ3v) is 5.44. The summed E-state index contributed by atoms with van der Waals surface area (Å²) in [5.74, 6) is 1.31. The summed E-state index contributed by atoms with van der Waals surface area (Å²) in [7, 11) is 0. The lowest BCUT2D eigenvalue weighted by Gasteiger charge is -2.34. The highest BCUT2D eigenvalue weighted by Gasteiger charge is 2.38. The molecule has 1 aliphatic heterocycles. The summed E-state index contributed by atoms with van der Waals surface area (Å²) in [6.07, 6.45) is 2.68. The number of rotatable bonds is 4. The highest BCUT2D eigenvalue weighted by Crippen LogP contribution is 2.46. The van der Waals surface area contributed by atoms with Crippen molar-refractivity contribution in [3.63, 3.8) is 0 Å². The van der Waals surface area contributed by atoms with E-state index < -0.39 is 0 Å².